The predicted molar refractivity (Wildman–Crippen MR) is 95.6 cm³/mol. The van der Waals surface area contributed by atoms with Crippen molar-refractivity contribution in [2.45, 2.75) is 49.1 Å². The predicted octanol–water partition coefficient (Wildman–Crippen LogP) is 2.87. The number of alkyl halides is 1. The summed E-state index contributed by atoms with van der Waals surface area (Å²) in [5.74, 6) is 0. The number of nitrogens with one attached hydrogen (secondary N) is 1. The monoisotopic (exact) mass is 418 g/mol. The first-order chi connectivity index (χ1) is 11.1. The molecule has 0 saturated carbocycles. The van der Waals surface area contributed by atoms with Gasteiger partial charge in [-0.15, -0.1) is 0 Å². The van der Waals surface area contributed by atoms with Gasteiger partial charge in [0.2, 0.25) is 10.0 Å². The molecule has 0 aromatic heterocycles. The van der Waals surface area contributed by atoms with Gasteiger partial charge in [0.05, 0.1) is 4.90 Å². The van der Waals surface area contributed by atoms with Crippen LogP contribution in [0.1, 0.15) is 32.8 Å². The van der Waals surface area contributed by atoms with E-state index in [0.717, 1.165) is 5.56 Å². The molecule has 8 heteroatoms. The third-order valence-corrected chi connectivity index (χ3v) is 6.11. The molecule has 0 aliphatic carbocycles. The number of hydrogen-bond acceptors (Lipinski definition) is 4. The van der Waals surface area contributed by atoms with Crippen molar-refractivity contribution in [1.29, 1.82) is 0 Å². The lowest BCUT2D eigenvalue weighted by molar-refractivity contribution is 0.0507. The lowest BCUT2D eigenvalue weighted by Crippen LogP contribution is -2.41. The zero-order chi connectivity index (χ0) is 18.0. The topological polar surface area (TPSA) is 75.7 Å². The minimum atomic E-state index is -3.54. The molecule has 1 amide bonds. The van der Waals surface area contributed by atoms with E-state index in [9.17, 15) is 13.2 Å². The van der Waals surface area contributed by atoms with Crippen molar-refractivity contribution < 1.29 is 17.9 Å². The van der Waals surface area contributed by atoms with Gasteiger partial charge in [0.15, 0.2) is 0 Å². The van der Waals surface area contributed by atoms with Gasteiger partial charge in [0.1, 0.15) is 5.60 Å². The van der Waals surface area contributed by atoms with Crippen molar-refractivity contribution in [3.63, 3.8) is 0 Å². The van der Waals surface area contributed by atoms with E-state index < -0.39 is 21.7 Å². The molecular weight excluding hydrogens is 396 g/mol. The number of hydrogen-bond donors (Lipinski definition) is 1. The molecule has 24 heavy (non-hydrogen) atoms. The van der Waals surface area contributed by atoms with Gasteiger partial charge in [0.25, 0.3) is 0 Å². The summed E-state index contributed by atoms with van der Waals surface area (Å²) in [6.45, 7) is 5.99. The van der Waals surface area contributed by atoms with Crippen molar-refractivity contribution in [3.05, 3.63) is 29.8 Å². The highest BCUT2D eigenvalue weighted by Crippen LogP contribution is 2.22. The van der Waals surface area contributed by atoms with Crippen molar-refractivity contribution in [2.75, 3.05) is 13.1 Å². The molecule has 1 aliphatic rings. The third kappa shape index (κ3) is 4.94. The second-order valence-corrected chi connectivity index (χ2v) is 9.27. The Balaban J connectivity index is 1.99. The average Bonchev–Trinajstić information content (AvgIpc) is 2.94. The number of carbonyl (C=O) groups excluding carboxylic acids is 1. The molecular formula is C16H23BrN2O4S. The zero-order valence-corrected chi connectivity index (χ0v) is 16.5. The molecule has 1 saturated heterocycles. The van der Waals surface area contributed by atoms with E-state index in [1.54, 1.807) is 45.0 Å². The average molecular weight is 419 g/mol. The largest absolute Gasteiger partial charge is 0.444 e. The molecule has 0 radical (unpaired) electrons. The summed E-state index contributed by atoms with van der Waals surface area (Å²) >= 11 is 3.34. The third-order valence-electron chi connectivity index (χ3n) is 3.59. The second-order valence-electron chi connectivity index (χ2n) is 6.77. The van der Waals surface area contributed by atoms with Crippen LogP contribution in [0.25, 0.3) is 0 Å². The molecule has 0 bridgehead atoms. The molecule has 1 aromatic rings. The van der Waals surface area contributed by atoms with Gasteiger partial charge in [-0.05, 0) is 44.9 Å². The van der Waals surface area contributed by atoms with Crippen molar-refractivity contribution in [3.8, 4) is 0 Å². The van der Waals surface area contributed by atoms with Crippen LogP contribution in [0.2, 0.25) is 0 Å². The van der Waals surface area contributed by atoms with Crippen molar-refractivity contribution in [2.24, 2.45) is 0 Å². The van der Waals surface area contributed by atoms with Crippen LogP contribution in [0.4, 0.5) is 4.79 Å². The van der Waals surface area contributed by atoms with Gasteiger partial charge >= 0.3 is 6.09 Å². The lowest BCUT2D eigenvalue weighted by Gasteiger charge is -2.22. The molecule has 1 fully saturated rings. The molecule has 1 N–H and O–H groups in total. The molecule has 1 aliphatic heterocycles. The van der Waals surface area contributed by atoms with Crippen molar-refractivity contribution in [1.82, 2.24) is 9.62 Å². The normalized spacial score (nSPS) is 19.2. The molecule has 134 valence electrons. The maximum Gasteiger partial charge on any atom is 0.407 e. The maximum absolute atomic E-state index is 12.7. The molecule has 0 unspecified atom stereocenters. The van der Waals surface area contributed by atoms with Crippen LogP contribution in [0.5, 0.6) is 0 Å². The summed E-state index contributed by atoms with van der Waals surface area (Å²) in [7, 11) is -3.54. The Labute approximate surface area is 151 Å². The first-order valence-corrected chi connectivity index (χ1v) is 10.3. The summed E-state index contributed by atoms with van der Waals surface area (Å²) < 4.78 is 31.9. The smallest absolute Gasteiger partial charge is 0.407 e. The summed E-state index contributed by atoms with van der Waals surface area (Å²) in [5.41, 5.74) is 0.436. The minimum Gasteiger partial charge on any atom is -0.444 e. The Kier molecular flexibility index (Phi) is 5.93. The van der Waals surface area contributed by atoms with Gasteiger partial charge in [-0.25, -0.2) is 13.2 Å². The SMILES string of the molecule is CC(C)(C)OC(=O)N[C@H]1CCN(S(=O)(=O)c2ccc(CBr)cc2)C1. The van der Waals surface area contributed by atoms with Crippen LogP contribution in [0, 0.1) is 0 Å². The Morgan fingerprint density at radius 1 is 1.33 bits per heavy atom. The van der Waals surface area contributed by atoms with Crippen LogP contribution >= 0.6 is 15.9 Å². The number of halogens is 1. The number of alkyl carbamates (subject to hydrolysis) is 1. The highest BCUT2D eigenvalue weighted by atomic mass is 79.9. The van der Waals surface area contributed by atoms with E-state index in [2.05, 4.69) is 21.2 Å². The van der Waals surface area contributed by atoms with Gasteiger partial charge in [-0.1, -0.05) is 28.1 Å². The van der Waals surface area contributed by atoms with Crippen LogP contribution in [-0.2, 0) is 20.1 Å². The van der Waals surface area contributed by atoms with Crippen LogP contribution < -0.4 is 5.32 Å². The standard InChI is InChI=1S/C16H23BrN2O4S/c1-16(2,3)23-15(20)18-13-8-9-19(11-13)24(21,22)14-6-4-12(10-17)5-7-14/h4-7,13H,8-11H2,1-3H3,(H,18,20)/t13-/m0/s1. The van der Waals surface area contributed by atoms with Gasteiger partial charge in [-0.2, -0.15) is 4.31 Å². The van der Waals surface area contributed by atoms with E-state index in [1.165, 1.54) is 4.31 Å². The number of sulfonamides is 1. The molecule has 0 spiro atoms. The van der Waals surface area contributed by atoms with E-state index in [0.29, 0.717) is 18.3 Å². The van der Waals surface area contributed by atoms with Gasteiger partial charge in [0, 0.05) is 24.5 Å². The van der Waals surface area contributed by atoms with Crippen LogP contribution in [0.3, 0.4) is 0 Å². The summed E-state index contributed by atoms with van der Waals surface area (Å²) in [6.07, 6.45) is 0.0474. The number of nitrogens with zero attached hydrogens (tertiary/aromatic N) is 1. The number of ether oxygens (including phenoxy) is 1. The highest BCUT2D eigenvalue weighted by molar-refractivity contribution is 9.08. The fraction of sp³-hybridized carbons (Fsp3) is 0.562. The Bertz CT molecular complexity index is 683. The number of rotatable bonds is 4. The Morgan fingerprint density at radius 2 is 1.96 bits per heavy atom. The van der Waals surface area contributed by atoms with E-state index in [4.69, 9.17) is 4.74 Å². The maximum atomic E-state index is 12.7. The second kappa shape index (κ2) is 7.41. The molecule has 6 nitrogen and oxygen atoms in total. The summed E-state index contributed by atoms with van der Waals surface area (Å²) in [5, 5.41) is 3.41. The quantitative estimate of drug-likeness (QED) is 0.762. The van der Waals surface area contributed by atoms with Crippen LogP contribution in [0.15, 0.2) is 29.2 Å². The van der Waals surface area contributed by atoms with Gasteiger partial charge in [-0.3, -0.25) is 0 Å². The Hall–Kier alpha value is -1.12. The molecule has 1 aromatic carbocycles. The summed E-state index contributed by atoms with van der Waals surface area (Å²) in [4.78, 5) is 12.1. The van der Waals surface area contributed by atoms with Crippen LogP contribution in [-0.4, -0.2) is 43.5 Å². The van der Waals surface area contributed by atoms with Crippen molar-refractivity contribution >= 4 is 32.0 Å². The Morgan fingerprint density at radius 3 is 2.50 bits per heavy atom. The fourth-order valence-corrected chi connectivity index (χ4v) is 4.31. The van der Waals surface area contributed by atoms with Gasteiger partial charge < -0.3 is 10.1 Å². The number of carbonyl (C=O) groups is 1. The fourth-order valence-electron chi connectivity index (χ4n) is 2.44. The zero-order valence-electron chi connectivity index (χ0n) is 14.1. The minimum absolute atomic E-state index is 0.239. The summed E-state index contributed by atoms with van der Waals surface area (Å²) in [6, 6.07) is 6.56. The first kappa shape index (κ1) is 19.2. The lowest BCUT2D eigenvalue weighted by atomic mass is 10.2. The number of benzene rings is 1. The highest BCUT2D eigenvalue weighted by Gasteiger charge is 2.33. The molecule has 2 rings (SSSR count). The van der Waals surface area contributed by atoms with E-state index >= 15 is 0 Å². The van der Waals surface area contributed by atoms with E-state index in [-0.39, 0.29) is 17.5 Å². The number of amides is 1. The molecule has 1 atom stereocenters. The molecule has 1 heterocycles. The van der Waals surface area contributed by atoms with E-state index in [1.807, 2.05) is 0 Å². The first-order valence-electron chi connectivity index (χ1n) is 7.76.